The predicted octanol–water partition coefficient (Wildman–Crippen LogP) is 6.42. The molecule has 0 saturated carbocycles. The average Bonchev–Trinajstić information content (AvgIpc) is 2.46. The van der Waals surface area contributed by atoms with E-state index >= 15 is 0 Å². The summed E-state index contributed by atoms with van der Waals surface area (Å²) in [5.74, 6) is 1.28. The van der Waals surface area contributed by atoms with E-state index in [1.807, 2.05) is 0 Å². The molecule has 0 fully saturated rings. The van der Waals surface area contributed by atoms with Gasteiger partial charge in [-0.1, -0.05) is 91.9 Å². The number of nitrogens with one attached hydrogen (secondary N) is 1. The average molecular weight is 316 g/mol. The van der Waals surface area contributed by atoms with Gasteiger partial charge in [-0.2, -0.15) is 11.8 Å². The number of rotatable bonds is 16. The zero-order valence-electron chi connectivity index (χ0n) is 15.3. The molecule has 1 N–H and O–H groups in total. The molecule has 0 aliphatic heterocycles. The SMILES string of the molecule is CCCCCCCCCCCCC(CSC(C)C)NCC. The van der Waals surface area contributed by atoms with Crippen LogP contribution >= 0.6 is 11.8 Å². The molecule has 0 rings (SSSR count). The lowest BCUT2D eigenvalue weighted by molar-refractivity contribution is 0.489. The van der Waals surface area contributed by atoms with E-state index in [9.17, 15) is 0 Å². The summed E-state index contributed by atoms with van der Waals surface area (Å²) in [6.45, 7) is 10.2. The quantitative estimate of drug-likeness (QED) is 0.330. The van der Waals surface area contributed by atoms with Crippen LogP contribution in [0.25, 0.3) is 0 Å². The minimum Gasteiger partial charge on any atom is -0.313 e. The van der Waals surface area contributed by atoms with Gasteiger partial charge >= 0.3 is 0 Å². The van der Waals surface area contributed by atoms with Gasteiger partial charge in [0.25, 0.3) is 0 Å². The molecular weight excluding hydrogens is 274 g/mol. The number of hydrogen-bond acceptors (Lipinski definition) is 2. The first kappa shape index (κ1) is 21.3. The topological polar surface area (TPSA) is 12.0 Å². The lowest BCUT2D eigenvalue weighted by Gasteiger charge is -2.18. The van der Waals surface area contributed by atoms with E-state index < -0.39 is 0 Å². The molecule has 0 amide bonds. The molecule has 1 nitrogen and oxygen atoms in total. The highest BCUT2D eigenvalue weighted by molar-refractivity contribution is 7.99. The highest BCUT2D eigenvalue weighted by atomic mass is 32.2. The summed E-state index contributed by atoms with van der Waals surface area (Å²) in [5.41, 5.74) is 0. The monoisotopic (exact) mass is 315 g/mol. The lowest BCUT2D eigenvalue weighted by Crippen LogP contribution is -2.31. The zero-order valence-corrected chi connectivity index (χ0v) is 16.1. The number of thioether (sulfide) groups is 1. The molecule has 128 valence electrons. The minimum absolute atomic E-state index is 0.733. The molecule has 2 heteroatoms. The van der Waals surface area contributed by atoms with Gasteiger partial charge in [0.2, 0.25) is 0 Å². The summed E-state index contributed by atoms with van der Waals surface area (Å²) in [5, 5.41) is 4.41. The number of hydrogen-bond donors (Lipinski definition) is 1. The van der Waals surface area contributed by atoms with Crippen LogP contribution < -0.4 is 5.32 Å². The maximum Gasteiger partial charge on any atom is 0.0158 e. The standard InChI is InChI=1S/C19H41NS/c1-5-7-8-9-10-11-12-13-14-15-16-19(20-6-2)17-21-18(3)4/h18-20H,5-17H2,1-4H3. The van der Waals surface area contributed by atoms with Crippen molar-refractivity contribution >= 4 is 11.8 Å². The Kier molecular flexibility index (Phi) is 16.9. The predicted molar refractivity (Wildman–Crippen MR) is 102 cm³/mol. The fourth-order valence-electron chi connectivity index (χ4n) is 2.72. The summed E-state index contributed by atoms with van der Waals surface area (Å²) in [6.07, 6.45) is 15.7. The van der Waals surface area contributed by atoms with Crippen LogP contribution in [0.5, 0.6) is 0 Å². The molecule has 0 aromatic rings. The van der Waals surface area contributed by atoms with Crippen LogP contribution in [0.3, 0.4) is 0 Å². The fraction of sp³-hybridized carbons (Fsp3) is 1.00. The molecule has 1 atom stereocenters. The summed E-state index contributed by atoms with van der Waals surface area (Å²) >= 11 is 2.10. The first-order valence-electron chi connectivity index (χ1n) is 9.55. The molecule has 0 aromatic heterocycles. The van der Waals surface area contributed by atoms with Gasteiger partial charge in [-0.25, -0.2) is 0 Å². The van der Waals surface area contributed by atoms with Crippen LogP contribution in [0.2, 0.25) is 0 Å². The summed E-state index contributed by atoms with van der Waals surface area (Å²) in [7, 11) is 0. The lowest BCUT2D eigenvalue weighted by atomic mass is 10.0. The Hall–Kier alpha value is 0.310. The highest BCUT2D eigenvalue weighted by Gasteiger charge is 2.08. The number of unbranched alkanes of at least 4 members (excludes halogenated alkanes) is 9. The van der Waals surface area contributed by atoms with Crippen molar-refractivity contribution in [3.63, 3.8) is 0 Å². The van der Waals surface area contributed by atoms with Gasteiger partial charge in [0.15, 0.2) is 0 Å². The van der Waals surface area contributed by atoms with Gasteiger partial charge in [-0.3, -0.25) is 0 Å². The van der Waals surface area contributed by atoms with Crippen molar-refractivity contribution in [3.05, 3.63) is 0 Å². The van der Waals surface area contributed by atoms with Gasteiger partial charge in [0.05, 0.1) is 0 Å². The minimum atomic E-state index is 0.733. The normalized spacial score (nSPS) is 13.0. The molecular formula is C19H41NS. The maximum atomic E-state index is 3.65. The van der Waals surface area contributed by atoms with E-state index in [-0.39, 0.29) is 0 Å². The summed E-state index contributed by atoms with van der Waals surface area (Å²) < 4.78 is 0. The Labute approximate surface area is 139 Å². The third kappa shape index (κ3) is 16.5. The second kappa shape index (κ2) is 16.7. The second-order valence-electron chi connectivity index (χ2n) is 6.61. The van der Waals surface area contributed by atoms with Crippen molar-refractivity contribution in [2.75, 3.05) is 12.3 Å². The highest BCUT2D eigenvalue weighted by Crippen LogP contribution is 2.16. The summed E-state index contributed by atoms with van der Waals surface area (Å²) in [6, 6.07) is 0.733. The van der Waals surface area contributed by atoms with Gasteiger partial charge in [-0.05, 0) is 18.2 Å². The first-order valence-corrected chi connectivity index (χ1v) is 10.6. The van der Waals surface area contributed by atoms with Crippen molar-refractivity contribution in [2.24, 2.45) is 0 Å². The third-order valence-corrected chi connectivity index (χ3v) is 5.29. The molecule has 1 unspecified atom stereocenters. The molecule has 0 radical (unpaired) electrons. The Morgan fingerprint density at radius 1 is 0.762 bits per heavy atom. The second-order valence-corrected chi connectivity index (χ2v) is 8.22. The largest absolute Gasteiger partial charge is 0.313 e. The molecule has 0 bridgehead atoms. The van der Waals surface area contributed by atoms with E-state index in [0.717, 1.165) is 17.8 Å². The van der Waals surface area contributed by atoms with Crippen LogP contribution in [-0.4, -0.2) is 23.6 Å². The third-order valence-electron chi connectivity index (χ3n) is 4.03. The molecule has 0 saturated heterocycles. The molecule has 0 heterocycles. The Bertz CT molecular complexity index is 194. The van der Waals surface area contributed by atoms with Crippen molar-refractivity contribution in [2.45, 2.75) is 110 Å². The van der Waals surface area contributed by atoms with Crippen molar-refractivity contribution in [1.29, 1.82) is 0 Å². The van der Waals surface area contributed by atoms with Gasteiger partial charge in [0.1, 0.15) is 0 Å². The smallest absolute Gasteiger partial charge is 0.0158 e. The van der Waals surface area contributed by atoms with Crippen molar-refractivity contribution in [1.82, 2.24) is 5.32 Å². The van der Waals surface area contributed by atoms with E-state index in [2.05, 4.69) is 44.8 Å². The first-order chi connectivity index (χ1) is 10.2. The van der Waals surface area contributed by atoms with Crippen LogP contribution in [0, 0.1) is 0 Å². The van der Waals surface area contributed by atoms with Gasteiger partial charge < -0.3 is 5.32 Å². The molecule has 0 aromatic carbocycles. The Balaban J connectivity index is 3.36. The van der Waals surface area contributed by atoms with E-state index in [0.29, 0.717) is 0 Å². The van der Waals surface area contributed by atoms with Crippen molar-refractivity contribution < 1.29 is 0 Å². The molecule has 21 heavy (non-hydrogen) atoms. The van der Waals surface area contributed by atoms with Gasteiger partial charge in [0, 0.05) is 11.8 Å². The summed E-state index contributed by atoms with van der Waals surface area (Å²) in [4.78, 5) is 0. The van der Waals surface area contributed by atoms with Crippen LogP contribution in [0.4, 0.5) is 0 Å². The van der Waals surface area contributed by atoms with Crippen molar-refractivity contribution in [3.8, 4) is 0 Å². The van der Waals surface area contributed by atoms with Gasteiger partial charge in [-0.15, -0.1) is 0 Å². The fourth-order valence-corrected chi connectivity index (χ4v) is 3.62. The van der Waals surface area contributed by atoms with Crippen LogP contribution in [0.1, 0.15) is 98.3 Å². The molecule has 0 aliphatic rings. The Morgan fingerprint density at radius 2 is 1.29 bits per heavy atom. The molecule has 0 spiro atoms. The van der Waals surface area contributed by atoms with E-state index in [1.54, 1.807) is 0 Å². The zero-order chi connectivity index (χ0) is 15.8. The van der Waals surface area contributed by atoms with Crippen LogP contribution in [-0.2, 0) is 0 Å². The molecule has 0 aliphatic carbocycles. The maximum absolute atomic E-state index is 3.65. The van der Waals surface area contributed by atoms with Crippen LogP contribution in [0.15, 0.2) is 0 Å². The van der Waals surface area contributed by atoms with E-state index in [4.69, 9.17) is 0 Å². The Morgan fingerprint density at radius 3 is 1.76 bits per heavy atom. The van der Waals surface area contributed by atoms with E-state index in [1.165, 1.54) is 76.4 Å².